The van der Waals surface area contributed by atoms with Crippen LogP contribution in [0.25, 0.3) is 0 Å². The quantitative estimate of drug-likeness (QED) is 0.861. The summed E-state index contributed by atoms with van der Waals surface area (Å²) in [4.78, 5) is 0.158. The topological polar surface area (TPSA) is 75.6 Å². The van der Waals surface area contributed by atoms with Crippen LogP contribution in [0, 0.1) is 0 Å². The van der Waals surface area contributed by atoms with E-state index in [1.165, 1.54) is 6.07 Å². The zero-order valence-corrected chi connectivity index (χ0v) is 12.7. The van der Waals surface area contributed by atoms with Gasteiger partial charge in [-0.25, -0.2) is 13.1 Å². The van der Waals surface area contributed by atoms with Crippen molar-refractivity contribution in [3.8, 4) is 0 Å². The molecule has 1 aromatic rings. The second-order valence-corrected chi connectivity index (χ2v) is 6.97. The van der Waals surface area contributed by atoms with Gasteiger partial charge in [0, 0.05) is 23.7 Å². The number of hydrogen-bond acceptors (Lipinski definition) is 4. The maximum absolute atomic E-state index is 12.3. The van der Waals surface area contributed by atoms with Crippen molar-refractivity contribution in [3.63, 3.8) is 0 Å². The van der Waals surface area contributed by atoms with Gasteiger partial charge in [0.1, 0.15) is 0 Å². The molecule has 1 fully saturated rings. The summed E-state index contributed by atoms with van der Waals surface area (Å²) >= 11 is 3.23. The molecule has 1 heterocycles. The Bertz CT molecular complexity index is 541. The molecule has 0 spiro atoms. The third-order valence-corrected chi connectivity index (χ3v) is 5.53. The van der Waals surface area contributed by atoms with E-state index in [1.54, 1.807) is 12.1 Å². The summed E-state index contributed by atoms with van der Waals surface area (Å²) in [5.41, 5.74) is 0.565. The van der Waals surface area contributed by atoms with Crippen LogP contribution in [0.5, 0.6) is 0 Å². The second-order valence-electron chi connectivity index (χ2n) is 4.43. The molecule has 7 heteroatoms. The molecule has 19 heavy (non-hydrogen) atoms. The number of aliphatic hydroxyl groups excluding tert-OH is 1. The zero-order valence-electron chi connectivity index (χ0n) is 10.3. The van der Waals surface area contributed by atoms with E-state index in [-0.39, 0.29) is 17.5 Å². The lowest BCUT2D eigenvalue weighted by molar-refractivity contribution is 0.0832. The Balaban J connectivity index is 2.23. The van der Waals surface area contributed by atoms with Crippen LogP contribution in [0.15, 0.2) is 27.6 Å². The van der Waals surface area contributed by atoms with Gasteiger partial charge in [0.2, 0.25) is 10.0 Å². The van der Waals surface area contributed by atoms with Crippen molar-refractivity contribution in [2.75, 3.05) is 13.2 Å². The SMILES string of the molecule is O=S(=O)(NC1CCOCC1)c1cc(CO)ccc1Br. The van der Waals surface area contributed by atoms with Crippen molar-refractivity contribution >= 4 is 26.0 Å². The molecule has 2 rings (SSSR count). The van der Waals surface area contributed by atoms with Gasteiger partial charge in [0.25, 0.3) is 0 Å². The highest BCUT2D eigenvalue weighted by atomic mass is 79.9. The monoisotopic (exact) mass is 349 g/mol. The van der Waals surface area contributed by atoms with E-state index in [9.17, 15) is 8.42 Å². The van der Waals surface area contributed by atoms with Crippen LogP contribution in [-0.4, -0.2) is 32.8 Å². The minimum atomic E-state index is -3.59. The number of sulfonamides is 1. The summed E-state index contributed by atoms with van der Waals surface area (Å²) in [6.45, 7) is 0.961. The van der Waals surface area contributed by atoms with Gasteiger partial charge >= 0.3 is 0 Å². The Morgan fingerprint density at radius 3 is 2.68 bits per heavy atom. The van der Waals surface area contributed by atoms with Crippen molar-refractivity contribution in [1.82, 2.24) is 4.72 Å². The lowest BCUT2D eigenvalue weighted by atomic mass is 10.1. The number of hydrogen-bond donors (Lipinski definition) is 2. The smallest absolute Gasteiger partial charge is 0.241 e. The van der Waals surface area contributed by atoms with Crippen LogP contribution in [0.3, 0.4) is 0 Å². The molecule has 2 N–H and O–H groups in total. The lowest BCUT2D eigenvalue weighted by Crippen LogP contribution is -2.39. The Kier molecular flexibility index (Phi) is 4.97. The first-order valence-electron chi connectivity index (χ1n) is 6.02. The summed E-state index contributed by atoms with van der Waals surface area (Å²) in [5, 5.41) is 9.09. The summed E-state index contributed by atoms with van der Waals surface area (Å²) in [6, 6.07) is 4.69. The molecule has 1 saturated heterocycles. The van der Waals surface area contributed by atoms with Crippen molar-refractivity contribution < 1.29 is 18.3 Å². The summed E-state index contributed by atoms with van der Waals surface area (Å²) < 4.78 is 33.0. The number of rotatable bonds is 4. The molecule has 0 bridgehead atoms. The fourth-order valence-electron chi connectivity index (χ4n) is 1.95. The molecule has 1 aliphatic heterocycles. The average molecular weight is 350 g/mol. The molecule has 0 saturated carbocycles. The van der Waals surface area contributed by atoms with Crippen molar-refractivity contribution in [2.45, 2.75) is 30.4 Å². The normalized spacial score (nSPS) is 17.6. The molecular weight excluding hydrogens is 334 g/mol. The number of benzene rings is 1. The fraction of sp³-hybridized carbons (Fsp3) is 0.500. The summed E-state index contributed by atoms with van der Waals surface area (Å²) in [6.07, 6.45) is 1.35. The molecule has 106 valence electrons. The summed E-state index contributed by atoms with van der Waals surface area (Å²) in [7, 11) is -3.59. The first kappa shape index (κ1) is 14.9. The number of halogens is 1. The Morgan fingerprint density at radius 1 is 1.37 bits per heavy atom. The first-order valence-corrected chi connectivity index (χ1v) is 8.30. The number of aliphatic hydroxyl groups is 1. The fourth-order valence-corrected chi connectivity index (χ4v) is 4.27. The van der Waals surface area contributed by atoms with E-state index >= 15 is 0 Å². The van der Waals surface area contributed by atoms with E-state index in [4.69, 9.17) is 9.84 Å². The van der Waals surface area contributed by atoms with Crippen LogP contribution in [0.1, 0.15) is 18.4 Å². The van der Waals surface area contributed by atoms with Gasteiger partial charge in [-0.1, -0.05) is 6.07 Å². The standard InChI is InChI=1S/C12H16BrNO4S/c13-11-2-1-9(8-15)7-12(11)19(16,17)14-10-3-5-18-6-4-10/h1-2,7,10,14-15H,3-6,8H2. The maximum Gasteiger partial charge on any atom is 0.241 e. The van der Waals surface area contributed by atoms with Crippen LogP contribution >= 0.6 is 15.9 Å². The van der Waals surface area contributed by atoms with Gasteiger partial charge in [-0.15, -0.1) is 0 Å². The van der Waals surface area contributed by atoms with Gasteiger partial charge < -0.3 is 9.84 Å². The van der Waals surface area contributed by atoms with Gasteiger partial charge in [-0.3, -0.25) is 0 Å². The third-order valence-electron chi connectivity index (χ3n) is 3.01. The van der Waals surface area contributed by atoms with E-state index in [2.05, 4.69) is 20.7 Å². The van der Waals surface area contributed by atoms with Crippen LogP contribution in [0.4, 0.5) is 0 Å². The third kappa shape index (κ3) is 3.76. The zero-order chi connectivity index (χ0) is 13.9. The van der Waals surface area contributed by atoms with E-state index in [1.807, 2.05) is 0 Å². The lowest BCUT2D eigenvalue weighted by Gasteiger charge is -2.23. The highest BCUT2D eigenvalue weighted by Crippen LogP contribution is 2.24. The molecule has 0 radical (unpaired) electrons. The molecule has 1 aliphatic rings. The van der Waals surface area contributed by atoms with Crippen LogP contribution in [-0.2, 0) is 21.4 Å². The van der Waals surface area contributed by atoms with Crippen molar-refractivity contribution in [3.05, 3.63) is 28.2 Å². The van der Waals surface area contributed by atoms with E-state index in [0.717, 1.165) is 0 Å². The molecule has 0 aromatic heterocycles. The van der Waals surface area contributed by atoms with Crippen molar-refractivity contribution in [2.24, 2.45) is 0 Å². The highest BCUT2D eigenvalue weighted by molar-refractivity contribution is 9.10. The first-order chi connectivity index (χ1) is 9.03. The highest BCUT2D eigenvalue weighted by Gasteiger charge is 2.24. The average Bonchev–Trinajstić information content (AvgIpc) is 2.39. The Labute approximate surface area is 121 Å². The molecular formula is C12H16BrNO4S. The predicted octanol–water partition coefficient (Wildman–Crippen LogP) is 1.40. The minimum absolute atomic E-state index is 0.0940. The van der Waals surface area contributed by atoms with Crippen molar-refractivity contribution in [1.29, 1.82) is 0 Å². The molecule has 5 nitrogen and oxygen atoms in total. The largest absolute Gasteiger partial charge is 0.392 e. The summed E-state index contributed by atoms with van der Waals surface area (Å²) in [5.74, 6) is 0. The van der Waals surface area contributed by atoms with Gasteiger partial charge in [0.05, 0.1) is 11.5 Å². The number of nitrogens with one attached hydrogen (secondary N) is 1. The Hall–Kier alpha value is -0.470. The number of ether oxygens (including phenoxy) is 1. The predicted molar refractivity (Wildman–Crippen MR) is 74.2 cm³/mol. The molecule has 0 unspecified atom stereocenters. The van der Waals surface area contributed by atoms with E-state index in [0.29, 0.717) is 36.1 Å². The van der Waals surface area contributed by atoms with Gasteiger partial charge in [-0.2, -0.15) is 0 Å². The van der Waals surface area contributed by atoms with Crippen LogP contribution < -0.4 is 4.72 Å². The molecule has 0 amide bonds. The Morgan fingerprint density at radius 2 is 2.05 bits per heavy atom. The molecule has 0 atom stereocenters. The molecule has 1 aromatic carbocycles. The van der Waals surface area contributed by atoms with E-state index < -0.39 is 10.0 Å². The molecule has 0 aliphatic carbocycles. The minimum Gasteiger partial charge on any atom is -0.392 e. The van der Waals surface area contributed by atoms with Gasteiger partial charge in [0.15, 0.2) is 0 Å². The van der Waals surface area contributed by atoms with Gasteiger partial charge in [-0.05, 0) is 46.5 Å². The van der Waals surface area contributed by atoms with Crippen LogP contribution in [0.2, 0.25) is 0 Å². The second kappa shape index (κ2) is 6.32. The maximum atomic E-state index is 12.3.